The second-order valence-electron chi connectivity index (χ2n) is 4.91. The Morgan fingerprint density at radius 1 is 1.33 bits per heavy atom. The van der Waals surface area contributed by atoms with E-state index in [1.807, 2.05) is 18.2 Å². The maximum Gasteiger partial charge on any atom is 0.327 e. The lowest BCUT2D eigenvalue weighted by molar-refractivity contribution is -0.147. The van der Waals surface area contributed by atoms with Crippen LogP contribution in [-0.2, 0) is 16.0 Å². The van der Waals surface area contributed by atoms with E-state index in [0.717, 1.165) is 5.56 Å². The minimum atomic E-state index is -0.934. The fourth-order valence-corrected chi connectivity index (χ4v) is 3.56. The third-order valence-electron chi connectivity index (χ3n) is 3.55. The van der Waals surface area contributed by atoms with Crippen molar-refractivity contribution in [1.82, 2.24) is 4.90 Å². The average Bonchev–Trinajstić information content (AvgIpc) is 3.12. The number of ether oxygens (including phenoxy) is 2. The number of carbonyl (C=O) groups is 2. The lowest BCUT2D eigenvalue weighted by atomic mass is 10.1. The first kappa shape index (κ1) is 14.1. The zero-order valence-electron chi connectivity index (χ0n) is 11.3. The molecular weight excluding hydrogens is 294 g/mol. The molecule has 1 unspecified atom stereocenters. The topological polar surface area (TPSA) is 76.1 Å². The number of thioether (sulfide) groups is 1. The van der Waals surface area contributed by atoms with E-state index in [1.54, 1.807) is 0 Å². The number of amides is 1. The highest BCUT2D eigenvalue weighted by Crippen LogP contribution is 2.33. The minimum absolute atomic E-state index is 0.120. The van der Waals surface area contributed by atoms with E-state index in [2.05, 4.69) is 0 Å². The van der Waals surface area contributed by atoms with E-state index in [0.29, 0.717) is 36.0 Å². The summed E-state index contributed by atoms with van der Waals surface area (Å²) >= 11 is 1.47. The van der Waals surface area contributed by atoms with Gasteiger partial charge in [0.05, 0.1) is 5.88 Å². The molecular formula is C14H15NO5S. The van der Waals surface area contributed by atoms with Crippen molar-refractivity contribution in [2.24, 2.45) is 0 Å². The molecule has 1 saturated heterocycles. The zero-order chi connectivity index (χ0) is 14.8. The van der Waals surface area contributed by atoms with Crippen LogP contribution < -0.4 is 9.47 Å². The summed E-state index contributed by atoms with van der Waals surface area (Å²) in [5.74, 6) is 1.27. The first-order valence-corrected chi connectivity index (χ1v) is 7.79. The van der Waals surface area contributed by atoms with Crippen LogP contribution in [0.25, 0.3) is 0 Å². The minimum Gasteiger partial charge on any atom is -0.480 e. The molecule has 1 atom stereocenters. The number of aliphatic carboxylic acids is 1. The molecule has 1 aromatic carbocycles. The summed E-state index contributed by atoms with van der Waals surface area (Å²) in [6.45, 7) is 0.225. The molecule has 0 bridgehead atoms. The Kier molecular flexibility index (Phi) is 3.92. The number of carbonyl (C=O) groups excluding carboxylic acids is 1. The van der Waals surface area contributed by atoms with Crippen molar-refractivity contribution in [2.75, 3.05) is 18.4 Å². The molecule has 3 rings (SSSR count). The van der Waals surface area contributed by atoms with Crippen LogP contribution in [0.15, 0.2) is 18.2 Å². The van der Waals surface area contributed by atoms with Gasteiger partial charge < -0.3 is 19.5 Å². The van der Waals surface area contributed by atoms with Gasteiger partial charge in [-0.25, -0.2) is 4.79 Å². The molecule has 6 nitrogen and oxygen atoms in total. The monoisotopic (exact) mass is 309 g/mol. The Morgan fingerprint density at radius 2 is 2.14 bits per heavy atom. The molecule has 1 aromatic rings. The third-order valence-corrected chi connectivity index (χ3v) is 4.56. The van der Waals surface area contributed by atoms with Crippen LogP contribution in [-0.4, -0.2) is 46.3 Å². The molecule has 1 amide bonds. The normalized spacial score (nSPS) is 19.8. The molecule has 7 heteroatoms. The molecule has 0 saturated carbocycles. The van der Waals surface area contributed by atoms with Gasteiger partial charge in [-0.1, -0.05) is 6.07 Å². The summed E-state index contributed by atoms with van der Waals surface area (Å²) in [4.78, 5) is 24.7. The highest BCUT2D eigenvalue weighted by molar-refractivity contribution is 7.99. The molecule has 112 valence electrons. The fraction of sp³-hybridized carbons (Fsp3) is 0.429. The highest BCUT2D eigenvalue weighted by atomic mass is 32.2. The standard InChI is InChI=1S/C14H15NO5S/c16-13(15-7-21-6-10(15)14(17)18)4-2-9-1-3-11-12(5-9)20-8-19-11/h1,3,5,10H,2,4,6-8H2,(H,17,18). The first-order valence-electron chi connectivity index (χ1n) is 6.63. The Hall–Kier alpha value is -1.89. The van der Waals surface area contributed by atoms with Gasteiger partial charge in [-0.05, 0) is 24.1 Å². The van der Waals surface area contributed by atoms with Crippen molar-refractivity contribution in [3.05, 3.63) is 23.8 Å². The van der Waals surface area contributed by atoms with E-state index in [-0.39, 0.29) is 12.7 Å². The lowest BCUT2D eigenvalue weighted by Crippen LogP contribution is -2.41. The SMILES string of the molecule is O=C(O)C1CSCN1C(=O)CCc1ccc2c(c1)OCO2. The molecule has 0 aliphatic carbocycles. The summed E-state index contributed by atoms with van der Waals surface area (Å²) < 4.78 is 10.5. The number of fused-ring (bicyclic) bond motifs is 1. The summed E-state index contributed by atoms with van der Waals surface area (Å²) in [5, 5.41) is 9.09. The maximum absolute atomic E-state index is 12.2. The van der Waals surface area contributed by atoms with Crippen LogP contribution >= 0.6 is 11.8 Å². The van der Waals surface area contributed by atoms with Crippen molar-refractivity contribution in [3.63, 3.8) is 0 Å². The predicted molar refractivity (Wildman–Crippen MR) is 76.5 cm³/mol. The smallest absolute Gasteiger partial charge is 0.327 e. The summed E-state index contributed by atoms with van der Waals surface area (Å²) in [6.07, 6.45) is 0.854. The largest absolute Gasteiger partial charge is 0.480 e. The third kappa shape index (κ3) is 2.92. The Morgan fingerprint density at radius 3 is 2.95 bits per heavy atom. The number of nitrogens with zero attached hydrogens (tertiary/aromatic N) is 1. The Bertz CT molecular complexity index is 576. The van der Waals surface area contributed by atoms with E-state index >= 15 is 0 Å². The lowest BCUT2D eigenvalue weighted by Gasteiger charge is -2.20. The Balaban J connectivity index is 1.60. The maximum atomic E-state index is 12.2. The number of carboxylic acid groups (broad SMARTS) is 1. The van der Waals surface area contributed by atoms with Gasteiger partial charge in [0.2, 0.25) is 12.7 Å². The van der Waals surface area contributed by atoms with Gasteiger partial charge in [0.15, 0.2) is 11.5 Å². The second kappa shape index (κ2) is 5.85. The van der Waals surface area contributed by atoms with Crippen molar-refractivity contribution in [3.8, 4) is 11.5 Å². The molecule has 1 fully saturated rings. The van der Waals surface area contributed by atoms with E-state index in [4.69, 9.17) is 14.6 Å². The Labute approximate surface area is 126 Å². The van der Waals surface area contributed by atoms with Crippen molar-refractivity contribution >= 4 is 23.6 Å². The number of benzene rings is 1. The van der Waals surface area contributed by atoms with Crippen molar-refractivity contribution < 1.29 is 24.2 Å². The van der Waals surface area contributed by atoms with Gasteiger partial charge in [-0.3, -0.25) is 4.79 Å². The molecule has 0 aromatic heterocycles. The number of aryl methyl sites for hydroxylation is 1. The van der Waals surface area contributed by atoms with Crippen molar-refractivity contribution in [1.29, 1.82) is 0 Å². The number of hydrogen-bond acceptors (Lipinski definition) is 5. The molecule has 2 heterocycles. The van der Waals surface area contributed by atoms with Gasteiger partial charge in [0.25, 0.3) is 0 Å². The predicted octanol–water partition coefficient (Wildman–Crippen LogP) is 1.33. The van der Waals surface area contributed by atoms with E-state index < -0.39 is 12.0 Å². The molecule has 21 heavy (non-hydrogen) atoms. The fourth-order valence-electron chi connectivity index (χ4n) is 2.38. The summed E-state index contributed by atoms with van der Waals surface area (Å²) in [5.41, 5.74) is 0.978. The average molecular weight is 309 g/mol. The zero-order valence-corrected chi connectivity index (χ0v) is 12.1. The molecule has 2 aliphatic heterocycles. The number of hydrogen-bond donors (Lipinski definition) is 1. The quantitative estimate of drug-likeness (QED) is 0.904. The van der Waals surface area contributed by atoms with Crippen LogP contribution in [0.4, 0.5) is 0 Å². The molecule has 2 aliphatic rings. The van der Waals surface area contributed by atoms with Crippen molar-refractivity contribution in [2.45, 2.75) is 18.9 Å². The molecule has 0 spiro atoms. The highest BCUT2D eigenvalue weighted by Gasteiger charge is 2.34. The van der Waals surface area contributed by atoms with E-state index in [1.165, 1.54) is 16.7 Å². The number of rotatable bonds is 4. The van der Waals surface area contributed by atoms with E-state index in [9.17, 15) is 9.59 Å². The van der Waals surface area contributed by atoms with Crippen LogP contribution in [0.3, 0.4) is 0 Å². The van der Waals surface area contributed by atoms with Gasteiger partial charge in [0, 0.05) is 12.2 Å². The summed E-state index contributed by atoms with van der Waals surface area (Å²) in [7, 11) is 0. The van der Waals surface area contributed by atoms with Crippen LogP contribution in [0, 0.1) is 0 Å². The molecule has 1 N–H and O–H groups in total. The van der Waals surface area contributed by atoms with Gasteiger partial charge in [-0.2, -0.15) is 0 Å². The van der Waals surface area contributed by atoms with Crippen LogP contribution in [0.2, 0.25) is 0 Å². The van der Waals surface area contributed by atoms with Gasteiger partial charge >= 0.3 is 5.97 Å². The second-order valence-corrected chi connectivity index (χ2v) is 5.90. The molecule has 0 radical (unpaired) electrons. The first-order chi connectivity index (χ1) is 10.1. The van der Waals surface area contributed by atoms with Crippen LogP contribution in [0.1, 0.15) is 12.0 Å². The van der Waals surface area contributed by atoms with Gasteiger partial charge in [0.1, 0.15) is 6.04 Å². The summed E-state index contributed by atoms with van der Waals surface area (Å²) in [6, 6.07) is 4.89. The number of carboxylic acids is 1. The van der Waals surface area contributed by atoms with Crippen LogP contribution in [0.5, 0.6) is 11.5 Å². The van der Waals surface area contributed by atoms with Gasteiger partial charge in [-0.15, -0.1) is 11.8 Å².